The molecule has 0 saturated carbocycles. The molecule has 0 fully saturated rings. The van der Waals surface area contributed by atoms with Crippen molar-refractivity contribution in [1.29, 1.82) is 0 Å². The molecule has 0 heterocycles. The molecule has 0 aliphatic heterocycles. The molecule has 2 N–H and O–H groups in total. The first-order chi connectivity index (χ1) is 13.4. The van der Waals surface area contributed by atoms with E-state index in [4.69, 9.17) is 23.2 Å². The Kier molecular flexibility index (Phi) is 6.14. The SMILES string of the molecule is O=C(O)/C(=C/c1cccc(-c2ccc(Cl)cc2Cl)c1)NC(=O)c1ccccc1. The van der Waals surface area contributed by atoms with Gasteiger partial charge in [0.05, 0.1) is 0 Å². The number of hydrogen-bond donors (Lipinski definition) is 2. The standard InChI is InChI=1S/C22H15Cl2NO3/c23-17-9-10-18(19(24)13-17)16-8-4-5-14(11-16)12-20(22(27)28)25-21(26)15-6-2-1-3-7-15/h1-13H,(H,25,26)(H,27,28)/b20-12-. The molecule has 0 saturated heterocycles. The van der Waals surface area contributed by atoms with E-state index in [1.165, 1.54) is 6.08 Å². The number of halogens is 2. The summed E-state index contributed by atoms with van der Waals surface area (Å²) in [4.78, 5) is 23.9. The Morgan fingerprint density at radius 2 is 1.64 bits per heavy atom. The quantitative estimate of drug-likeness (QED) is 0.543. The molecule has 0 unspecified atom stereocenters. The van der Waals surface area contributed by atoms with Crippen molar-refractivity contribution < 1.29 is 14.7 Å². The average molecular weight is 412 g/mol. The Morgan fingerprint density at radius 3 is 2.32 bits per heavy atom. The van der Waals surface area contributed by atoms with Crippen molar-refractivity contribution in [3.8, 4) is 11.1 Å². The highest BCUT2D eigenvalue weighted by atomic mass is 35.5. The summed E-state index contributed by atoms with van der Waals surface area (Å²) in [5.41, 5.74) is 2.32. The monoisotopic (exact) mass is 411 g/mol. The van der Waals surface area contributed by atoms with Crippen LogP contribution in [0.3, 0.4) is 0 Å². The summed E-state index contributed by atoms with van der Waals surface area (Å²) in [6.07, 6.45) is 1.40. The summed E-state index contributed by atoms with van der Waals surface area (Å²) in [7, 11) is 0. The second-order valence-corrected chi connectivity index (χ2v) is 6.78. The number of nitrogens with one attached hydrogen (secondary N) is 1. The Labute approximate surface area is 172 Å². The van der Waals surface area contributed by atoms with Crippen LogP contribution in [0.2, 0.25) is 10.0 Å². The highest BCUT2D eigenvalue weighted by molar-refractivity contribution is 6.36. The zero-order valence-corrected chi connectivity index (χ0v) is 16.0. The maximum atomic E-state index is 12.3. The van der Waals surface area contributed by atoms with Gasteiger partial charge < -0.3 is 10.4 Å². The lowest BCUT2D eigenvalue weighted by Crippen LogP contribution is -2.27. The summed E-state index contributed by atoms with van der Waals surface area (Å²) >= 11 is 12.2. The molecule has 0 aliphatic rings. The largest absolute Gasteiger partial charge is 0.477 e. The van der Waals surface area contributed by atoms with Gasteiger partial charge in [0, 0.05) is 21.2 Å². The fraction of sp³-hybridized carbons (Fsp3) is 0. The molecule has 1 amide bonds. The third kappa shape index (κ3) is 4.80. The van der Waals surface area contributed by atoms with E-state index in [0.717, 1.165) is 11.1 Å². The van der Waals surface area contributed by atoms with Crippen LogP contribution >= 0.6 is 23.2 Å². The van der Waals surface area contributed by atoms with E-state index in [1.807, 2.05) is 6.07 Å². The van der Waals surface area contributed by atoms with E-state index in [2.05, 4.69) is 5.32 Å². The van der Waals surface area contributed by atoms with Crippen LogP contribution in [0.4, 0.5) is 0 Å². The minimum absolute atomic E-state index is 0.229. The molecule has 0 radical (unpaired) electrons. The average Bonchev–Trinajstić information content (AvgIpc) is 2.68. The van der Waals surface area contributed by atoms with Gasteiger partial charge in [-0.05, 0) is 47.5 Å². The van der Waals surface area contributed by atoms with Crippen molar-refractivity contribution in [3.05, 3.63) is 99.7 Å². The van der Waals surface area contributed by atoms with Crippen molar-refractivity contribution in [2.24, 2.45) is 0 Å². The highest BCUT2D eigenvalue weighted by Gasteiger charge is 2.13. The first kappa shape index (κ1) is 19.7. The molecule has 28 heavy (non-hydrogen) atoms. The third-order valence-electron chi connectivity index (χ3n) is 3.95. The Morgan fingerprint density at radius 1 is 0.893 bits per heavy atom. The predicted molar refractivity (Wildman–Crippen MR) is 111 cm³/mol. The van der Waals surface area contributed by atoms with E-state index in [9.17, 15) is 14.7 Å². The summed E-state index contributed by atoms with van der Waals surface area (Å²) in [6, 6.07) is 20.7. The molecule has 0 aromatic heterocycles. The summed E-state index contributed by atoms with van der Waals surface area (Å²) in [5, 5.41) is 12.9. The number of carboxylic acids is 1. The number of carbonyl (C=O) groups is 2. The summed E-state index contributed by atoms with van der Waals surface area (Å²) in [6.45, 7) is 0. The predicted octanol–water partition coefficient (Wildman–Crippen LogP) is 5.52. The number of benzene rings is 3. The van der Waals surface area contributed by atoms with Crippen LogP contribution in [0.15, 0.2) is 78.5 Å². The van der Waals surface area contributed by atoms with Crippen molar-refractivity contribution in [2.75, 3.05) is 0 Å². The van der Waals surface area contributed by atoms with Gasteiger partial charge in [-0.2, -0.15) is 0 Å². The zero-order chi connectivity index (χ0) is 20.1. The second-order valence-electron chi connectivity index (χ2n) is 5.93. The van der Waals surface area contributed by atoms with E-state index >= 15 is 0 Å². The molecule has 3 aromatic carbocycles. The van der Waals surface area contributed by atoms with Gasteiger partial charge in [-0.15, -0.1) is 0 Å². The van der Waals surface area contributed by atoms with Gasteiger partial charge in [0.1, 0.15) is 5.70 Å². The van der Waals surface area contributed by atoms with Crippen molar-refractivity contribution in [1.82, 2.24) is 5.32 Å². The lowest BCUT2D eigenvalue weighted by atomic mass is 10.0. The van der Waals surface area contributed by atoms with Crippen LogP contribution in [-0.4, -0.2) is 17.0 Å². The number of hydrogen-bond acceptors (Lipinski definition) is 2. The normalized spacial score (nSPS) is 11.1. The number of carbonyl (C=O) groups excluding carboxylic acids is 1. The first-order valence-electron chi connectivity index (χ1n) is 8.31. The van der Waals surface area contributed by atoms with Gasteiger partial charge in [-0.1, -0.05) is 65.7 Å². The Bertz CT molecular complexity index is 1060. The minimum Gasteiger partial charge on any atom is -0.477 e. The highest BCUT2D eigenvalue weighted by Crippen LogP contribution is 2.31. The molecular weight excluding hydrogens is 397 g/mol. The molecule has 3 rings (SSSR count). The fourth-order valence-electron chi connectivity index (χ4n) is 2.62. The van der Waals surface area contributed by atoms with Crippen molar-refractivity contribution in [3.63, 3.8) is 0 Å². The van der Waals surface area contributed by atoms with E-state index in [-0.39, 0.29) is 5.70 Å². The number of aliphatic carboxylic acids is 1. The summed E-state index contributed by atoms with van der Waals surface area (Å²) in [5.74, 6) is -1.73. The van der Waals surface area contributed by atoms with Gasteiger partial charge in [0.25, 0.3) is 5.91 Å². The maximum Gasteiger partial charge on any atom is 0.352 e. The lowest BCUT2D eigenvalue weighted by Gasteiger charge is -2.08. The number of carboxylic acid groups (broad SMARTS) is 1. The van der Waals surface area contributed by atoms with Gasteiger partial charge in [-0.25, -0.2) is 4.79 Å². The van der Waals surface area contributed by atoms with Crippen LogP contribution in [0.5, 0.6) is 0 Å². The molecule has 0 atom stereocenters. The molecular formula is C22H15Cl2NO3. The van der Waals surface area contributed by atoms with Gasteiger partial charge >= 0.3 is 5.97 Å². The smallest absolute Gasteiger partial charge is 0.352 e. The molecule has 4 nitrogen and oxygen atoms in total. The molecule has 0 spiro atoms. The maximum absolute atomic E-state index is 12.3. The lowest BCUT2D eigenvalue weighted by molar-refractivity contribution is -0.132. The summed E-state index contributed by atoms with van der Waals surface area (Å²) < 4.78 is 0. The topological polar surface area (TPSA) is 66.4 Å². The molecule has 0 bridgehead atoms. The van der Waals surface area contributed by atoms with Crippen LogP contribution in [0, 0.1) is 0 Å². The van der Waals surface area contributed by atoms with Crippen molar-refractivity contribution in [2.45, 2.75) is 0 Å². The third-order valence-corrected chi connectivity index (χ3v) is 4.50. The van der Waals surface area contributed by atoms with E-state index in [1.54, 1.807) is 66.7 Å². The van der Waals surface area contributed by atoms with E-state index < -0.39 is 11.9 Å². The Balaban J connectivity index is 1.91. The van der Waals surface area contributed by atoms with Crippen molar-refractivity contribution >= 4 is 41.2 Å². The molecule has 140 valence electrons. The van der Waals surface area contributed by atoms with Crippen LogP contribution in [-0.2, 0) is 4.79 Å². The van der Waals surface area contributed by atoms with Gasteiger partial charge in [0.15, 0.2) is 0 Å². The zero-order valence-electron chi connectivity index (χ0n) is 14.5. The van der Waals surface area contributed by atoms with Crippen LogP contribution < -0.4 is 5.32 Å². The minimum atomic E-state index is -1.24. The van der Waals surface area contributed by atoms with Gasteiger partial charge in [-0.3, -0.25) is 4.79 Å². The van der Waals surface area contributed by atoms with Crippen LogP contribution in [0.1, 0.15) is 15.9 Å². The van der Waals surface area contributed by atoms with Crippen LogP contribution in [0.25, 0.3) is 17.2 Å². The van der Waals surface area contributed by atoms with E-state index in [0.29, 0.717) is 21.2 Å². The number of rotatable bonds is 5. The fourth-order valence-corrected chi connectivity index (χ4v) is 3.14. The van der Waals surface area contributed by atoms with Gasteiger partial charge in [0.2, 0.25) is 0 Å². The molecule has 3 aromatic rings. The molecule has 0 aliphatic carbocycles. The Hall–Kier alpha value is -3.08. The second kappa shape index (κ2) is 8.74. The first-order valence-corrected chi connectivity index (χ1v) is 9.06. The molecule has 6 heteroatoms. The number of amides is 1.